The molecule has 26 heavy (non-hydrogen) atoms. The van der Waals surface area contributed by atoms with Gasteiger partial charge in [0.05, 0.1) is 13.0 Å². The predicted molar refractivity (Wildman–Crippen MR) is 102 cm³/mol. The minimum Gasteiger partial charge on any atom is -0.497 e. The summed E-state index contributed by atoms with van der Waals surface area (Å²) in [5, 5.41) is 11.7. The minimum atomic E-state index is -0.926. The summed E-state index contributed by atoms with van der Waals surface area (Å²) >= 11 is 1.61. The van der Waals surface area contributed by atoms with Crippen molar-refractivity contribution in [1.82, 2.24) is 4.90 Å². The van der Waals surface area contributed by atoms with E-state index in [2.05, 4.69) is 5.32 Å². The van der Waals surface area contributed by atoms with Crippen LogP contribution < -0.4 is 10.1 Å². The smallest absolute Gasteiger partial charge is 0.321 e. The van der Waals surface area contributed by atoms with Gasteiger partial charge in [0.25, 0.3) is 0 Å². The summed E-state index contributed by atoms with van der Waals surface area (Å²) in [5.41, 5.74) is 0.656. The molecule has 0 saturated carbocycles. The molecule has 138 valence electrons. The lowest BCUT2D eigenvalue weighted by Crippen LogP contribution is -2.36. The fourth-order valence-electron chi connectivity index (χ4n) is 2.18. The molecule has 0 spiro atoms. The summed E-state index contributed by atoms with van der Waals surface area (Å²) < 4.78 is 5.14. The Morgan fingerprint density at radius 3 is 2.15 bits per heavy atom. The first kappa shape index (κ1) is 19.7. The number of ether oxygens (including phenoxy) is 1. The molecule has 0 bridgehead atoms. The normalized spacial score (nSPS) is 11.5. The number of urea groups is 1. The van der Waals surface area contributed by atoms with Gasteiger partial charge in [0.15, 0.2) is 0 Å². The number of carbonyl (C=O) groups is 2. The van der Waals surface area contributed by atoms with Crippen LogP contribution in [0.3, 0.4) is 0 Å². The SMILES string of the molecule is COc1ccc(Sc2ccc(NC(=O)N(C)CC(C)C(=O)O)cc2)cc1. The van der Waals surface area contributed by atoms with E-state index in [0.29, 0.717) is 5.69 Å². The highest BCUT2D eigenvalue weighted by atomic mass is 32.2. The highest BCUT2D eigenvalue weighted by Crippen LogP contribution is 2.29. The van der Waals surface area contributed by atoms with Crippen LogP contribution in [-0.2, 0) is 4.79 Å². The first-order valence-electron chi connectivity index (χ1n) is 8.06. The van der Waals surface area contributed by atoms with Gasteiger partial charge in [-0.2, -0.15) is 0 Å². The number of anilines is 1. The lowest BCUT2D eigenvalue weighted by Gasteiger charge is -2.20. The van der Waals surface area contributed by atoms with Gasteiger partial charge < -0.3 is 20.1 Å². The molecule has 0 saturated heterocycles. The maximum Gasteiger partial charge on any atom is 0.321 e. The second kappa shape index (κ2) is 9.15. The number of nitrogens with one attached hydrogen (secondary N) is 1. The van der Waals surface area contributed by atoms with Crippen LogP contribution in [0.15, 0.2) is 58.3 Å². The Bertz CT molecular complexity index is 747. The van der Waals surface area contributed by atoms with Crippen molar-refractivity contribution in [3.05, 3.63) is 48.5 Å². The molecule has 0 heterocycles. The topological polar surface area (TPSA) is 78.9 Å². The maximum absolute atomic E-state index is 12.1. The van der Waals surface area contributed by atoms with Crippen molar-refractivity contribution in [3.63, 3.8) is 0 Å². The minimum absolute atomic E-state index is 0.145. The number of benzene rings is 2. The van der Waals surface area contributed by atoms with Gasteiger partial charge in [-0.1, -0.05) is 18.7 Å². The number of amides is 2. The van der Waals surface area contributed by atoms with Gasteiger partial charge in [0.2, 0.25) is 0 Å². The van der Waals surface area contributed by atoms with Crippen LogP contribution in [0.25, 0.3) is 0 Å². The summed E-state index contributed by atoms with van der Waals surface area (Å²) in [6, 6.07) is 14.9. The molecule has 7 heteroatoms. The third-order valence-electron chi connectivity index (χ3n) is 3.72. The van der Waals surface area contributed by atoms with E-state index in [9.17, 15) is 9.59 Å². The van der Waals surface area contributed by atoms with Crippen LogP contribution in [-0.4, -0.2) is 42.7 Å². The second-order valence-corrected chi connectivity index (χ2v) is 7.00. The Kier molecular flexibility index (Phi) is 6.91. The number of carbonyl (C=O) groups excluding carboxylic acids is 1. The average molecular weight is 374 g/mol. The van der Waals surface area contributed by atoms with Gasteiger partial charge in [-0.25, -0.2) is 4.79 Å². The van der Waals surface area contributed by atoms with Crippen molar-refractivity contribution in [3.8, 4) is 5.75 Å². The molecule has 2 N–H and O–H groups in total. The molecule has 0 aliphatic heterocycles. The molecule has 0 fully saturated rings. The van der Waals surface area contributed by atoms with Crippen molar-refractivity contribution in [1.29, 1.82) is 0 Å². The molecule has 0 aliphatic rings. The zero-order valence-electron chi connectivity index (χ0n) is 14.9. The van der Waals surface area contributed by atoms with Gasteiger partial charge in [0.1, 0.15) is 5.75 Å². The molecule has 1 atom stereocenters. The molecular weight excluding hydrogens is 352 g/mol. The maximum atomic E-state index is 12.1. The molecule has 2 amide bonds. The number of methoxy groups -OCH3 is 1. The molecule has 2 rings (SSSR count). The van der Waals surface area contributed by atoms with Gasteiger partial charge in [0, 0.05) is 29.1 Å². The third kappa shape index (κ3) is 5.70. The molecule has 0 aromatic heterocycles. The monoisotopic (exact) mass is 374 g/mol. The predicted octanol–water partition coefficient (Wildman–Crippen LogP) is 4.03. The van der Waals surface area contributed by atoms with Gasteiger partial charge >= 0.3 is 12.0 Å². The fourth-order valence-corrected chi connectivity index (χ4v) is 2.99. The fraction of sp³-hybridized carbons (Fsp3) is 0.263. The Morgan fingerprint density at radius 2 is 1.65 bits per heavy atom. The Morgan fingerprint density at radius 1 is 1.12 bits per heavy atom. The van der Waals surface area contributed by atoms with E-state index in [0.717, 1.165) is 15.5 Å². The van der Waals surface area contributed by atoms with Crippen LogP contribution in [0, 0.1) is 5.92 Å². The highest BCUT2D eigenvalue weighted by molar-refractivity contribution is 7.99. The molecule has 2 aromatic carbocycles. The van der Waals surface area contributed by atoms with Crippen molar-refractivity contribution in [2.24, 2.45) is 5.92 Å². The Labute approximate surface area is 157 Å². The van der Waals surface area contributed by atoms with E-state index >= 15 is 0 Å². The van der Waals surface area contributed by atoms with Crippen LogP contribution in [0.5, 0.6) is 5.75 Å². The van der Waals surface area contributed by atoms with Crippen LogP contribution in [0.1, 0.15) is 6.92 Å². The van der Waals surface area contributed by atoms with Gasteiger partial charge in [-0.05, 0) is 48.5 Å². The molecular formula is C19H22N2O4S. The average Bonchev–Trinajstić information content (AvgIpc) is 2.63. The van der Waals surface area contributed by atoms with Crippen LogP contribution in [0.4, 0.5) is 10.5 Å². The number of hydrogen-bond acceptors (Lipinski definition) is 4. The zero-order chi connectivity index (χ0) is 19.1. The lowest BCUT2D eigenvalue weighted by atomic mass is 10.2. The Hall–Kier alpha value is -2.67. The lowest BCUT2D eigenvalue weighted by molar-refractivity contribution is -0.141. The summed E-state index contributed by atoms with van der Waals surface area (Å²) in [4.78, 5) is 26.5. The molecule has 1 unspecified atom stereocenters. The van der Waals surface area contributed by atoms with E-state index < -0.39 is 11.9 Å². The molecule has 0 aliphatic carbocycles. The number of carboxylic acids is 1. The number of nitrogens with zero attached hydrogens (tertiary/aromatic N) is 1. The Balaban J connectivity index is 1.91. The van der Waals surface area contributed by atoms with E-state index in [-0.39, 0.29) is 12.6 Å². The molecule has 6 nitrogen and oxygen atoms in total. The number of rotatable bonds is 7. The molecule has 2 aromatic rings. The second-order valence-electron chi connectivity index (χ2n) is 5.85. The first-order chi connectivity index (χ1) is 12.4. The quantitative estimate of drug-likeness (QED) is 0.765. The summed E-state index contributed by atoms with van der Waals surface area (Å²) in [6.07, 6.45) is 0. The van der Waals surface area contributed by atoms with Crippen molar-refractivity contribution in [2.75, 3.05) is 26.0 Å². The highest BCUT2D eigenvalue weighted by Gasteiger charge is 2.17. The van der Waals surface area contributed by atoms with E-state index in [4.69, 9.17) is 9.84 Å². The van der Waals surface area contributed by atoms with E-state index in [1.807, 2.05) is 48.5 Å². The number of hydrogen-bond donors (Lipinski definition) is 2. The van der Waals surface area contributed by atoms with Crippen LogP contribution in [0.2, 0.25) is 0 Å². The van der Waals surface area contributed by atoms with E-state index in [1.54, 1.807) is 32.8 Å². The van der Waals surface area contributed by atoms with E-state index in [1.165, 1.54) is 4.90 Å². The van der Waals surface area contributed by atoms with Crippen molar-refractivity contribution < 1.29 is 19.4 Å². The summed E-state index contributed by atoms with van der Waals surface area (Å²) in [6.45, 7) is 1.71. The third-order valence-corrected chi connectivity index (χ3v) is 4.73. The number of carboxylic acid groups (broad SMARTS) is 1. The summed E-state index contributed by atoms with van der Waals surface area (Å²) in [7, 11) is 3.21. The van der Waals surface area contributed by atoms with Gasteiger partial charge in [-0.15, -0.1) is 0 Å². The standard InChI is InChI=1S/C19H22N2O4S/c1-13(18(22)23)12-21(2)19(24)20-14-4-8-16(9-5-14)26-17-10-6-15(25-3)7-11-17/h4-11,13H,12H2,1-3H3,(H,20,24)(H,22,23). The van der Waals surface area contributed by atoms with Gasteiger partial charge in [-0.3, -0.25) is 4.79 Å². The first-order valence-corrected chi connectivity index (χ1v) is 8.87. The summed E-state index contributed by atoms with van der Waals surface area (Å²) in [5.74, 6) is -0.729. The van der Waals surface area contributed by atoms with Crippen molar-refractivity contribution >= 4 is 29.4 Å². The largest absolute Gasteiger partial charge is 0.497 e. The zero-order valence-corrected chi connectivity index (χ0v) is 15.7. The van der Waals surface area contributed by atoms with Crippen molar-refractivity contribution in [2.45, 2.75) is 16.7 Å². The van der Waals surface area contributed by atoms with Crippen LogP contribution >= 0.6 is 11.8 Å². The number of aliphatic carboxylic acids is 1. The molecule has 0 radical (unpaired) electrons.